The molecule has 0 fully saturated rings. The van der Waals surface area contributed by atoms with Gasteiger partial charge in [-0.3, -0.25) is 4.79 Å². The van der Waals surface area contributed by atoms with Crippen molar-refractivity contribution in [3.63, 3.8) is 0 Å². The summed E-state index contributed by atoms with van der Waals surface area (Å²) in [6.07, 6.45) is 0.180. The van der Waals surface area contributed by atoms with E-state index >= 15 is 0 Å². The largest absolute Gasteiger partial charge is 0.435 e. The van der Waals surface area contributed by atoms with E-state index in [-0.39, 0.29) is 36.5 Å². The Morgan fingerprint density at radius 2 is 1.95 bits per heavy atom. The molecule has 1 aromatic carbocycles. The van der Waals surface area contributed by atoms with Crippen LogP contribution in [-0.4, -0.2) is 25.1 Å². The average Bonchev–Trinajstić information content (AvgIpc) is 2.30. The fraction of sp³-hybridized carbons (Fsp3) is 0.417. The number of halogens is 3. The van der Waals surface area contributed by atoms with Gasteiger partial charge in [-0.05, 0) is 24.6 Å². The Morgan fingerprint density at radius 1 is 1.37 bits per heavy atom. The highest BCUT2D eigenvalue weighted by molar-refractivity contribution is 5.85. The van der Waals surface area contributed by atoms with Crippen molar-refractivity contribution in [2.75, 3.05) is 6.54 Å². The summed E-state index contributed by atoms with van der Waals surface area (Å²) in [5.74, 6) is -0.0834. The van der Waals surface area contributed by atoms with Crippen molar-refractivity contribution in [1.82, 2.24) is 5.32 Å². The average molecular weight is 295 g/mol. The van der Waals surface area contributed by atoms with Crippen LogP contribution in [0.2, 0.25) is 0 Å². The van der Waals surface area contributed by atoms with Gasteiger partial charge in [0.15, 0.2) is 0 Å². The number of benzene rings is 1. The van der Waals surface area contributed by atoms with E-state index < -0.39 is 6.61 Å². The summed E-state index contributed by atoms with van der Waals surface area (Å²) in [6, 6.07) is 5.87. The monoisotopic (exact) mass is 294 g/mol. The van der Waals surface area contributed by atoms with E-state index in [0.717, 1.165) is 5.56 Å². The van der Waals surface area contributed by atoms with E-state index in [2.05, 4.69) is 10.1 Å². The Bertz CT molecular complexity index is 388. The predicted molar refractivity (Wildman–Crippen MR) is 70.7 cm³/mol. The van der Waals surface area contributed by atoms with E-state index in [1.165, 1.54) is 12.1 Å². The lowest BCUT2D eigenvalue weighted by Crippen LogP contribution is -2.38. The second-order valence-electron chi connectivity index (χ2n) is 3.90. The van der Waals surface area contributed by atoms with Crippen molar-refractivity contribution in [2.45, 2.75) is 26.0 Å². The minimum atomic E-state index is -2.84. The zero-order valence-electron chi connectivity index (χ0n) is 10.4. The highest BCUT2D eigenvalue weighted by Gasteiger charge is 2.08. The summed E-state index contributed by atoms with van der Waals surface area (Å²) in [7, 11) is 0. The molecule has 0 heterocycles. The van der Waals surface area contributed by atoms with Gasteiger partial charge in [0.2, 0.25) is 5.91 Å². The van der Waals surface area contributed by atoms with Gasteiger partial charge in [0, 0.05) is 12.6 Å². The number of nitrogens with two attached hydrogens (primary N) is 1. The third-order valence-corrected chi connectivity index (χ3v) is 2.27. The summed E-state index contributed by atoms with van der Waals surface area (Å²) in [6.45, 7) is -0.672. The molecule has 108 valence electrons. The van der Waals surface area contributed by atoms with Gasteiger partial charge in [-0.2, -0.15) is 8.78 Å². The van der Waals surface area contributed by atoms with Crippen LogP contribution in [0.1, 0.15) is 12.5 Å². The quantitative estimate of drug-likeness (QED) is 0.839. The second-order valence-corrected chi connectivity index (χ2v) is 3.90. The van der Waals surface area contributed by atoms with E-state index in [0.29, 0.717) is 6.54 Å². The zero-order valence-corrected chi connectivity index (χ0v) is 11.3. The van der Waals surface area contributed by atoms with Crippen LogP contribution in [0.4, 0.5) is 8.78 Å². The first kappa shape index (κ1) is 17.6. The Labute approximate surface area is 116 Å². The normalized spacial score (nSPS) is 11.6. The van der Waals surface area contributed by atoms with Crippen LogP contribution < -0.4 is 15.8 Å². The van der Waals surface area contributed by atoms with Gasteiger partial charge in [-0.25, -0.2) is 0 Å². The maximum Gasteiger partial charge on any atom is 0.387 e. The molecule has 0 spiro atoms. The highest BCUT2D eigenvalue weighted by Crippen LogP contribution is 2.15. The Morgan fingerprint density at radius 3 is 2.42 bits per heavy atom. The van der Waals surface area contributed by atoms with Crippen molar-refractivity contribution in [1.29, 1.82) is 0 Å². The number of carbonyl (C=O) groups excluding carboxylic acids is 1. The van der Waals surface area contributed by atoms with Crippen molar-refractivity contribution in [3.05, 3.63) is 29.8 Å². The molecule has 7 heteroatoms. The number of amides is 1. The number of hydrogen-bond donors (Lipinski definition) is 2. The molecule has 0 aliphatic heterocycles. The maximum absolute atomic E-state index is 11.9. The first-order chi connectivity index (χ1) is 8.51. The van der Waals surface area contributed by atoms with Crippen LogP contribution in [0.3, 0.4) is 0 Å². The van der Waals surface area contributed by atoms with Gasteiger partial charge >= 0.3 is 6.61 Å². The van der Waals surface area contributed by atoms with E-state index in [4.69, 9.17) is 5.73 Å². The number of ether oxygens (including phenoxy) is 1. The molecule has 19 heavy (non-hydrogen) atoms. The number of hydrogen-bond acceptors (Lipinski definition) is 3. The molecular weight excluding hydrogens is 278 g/mol. The van der Waals surface area contributed by atoms with Crippen molar-refractivity contribution in [2.24, 2.45) is 5.73 Å². The summed E-state index contributed by atoms with van der Waals surface area (Å²) in [4.78, 5) is 11.5. The first-order valence-electron chi connectivity index (χ1n) is 5.54. The van der Waals surface area contributed by atoms with Crippen molar-refractivity contribution >= 4 is 18.3 Å². The van der Waals surface area contributed by atoms with Gasteiger partial charge in [-0.1, -0.05) is 12.1 Å². The Kier molecular flexibility index (Phi) is 8.02. The van der Waals surface area contributed by atoms with Crippen LogP contribution in [0, 0.1) is 0 Å². The Hall–Kier alpha value is -1.40. The molecule has 0 saturated carbocycles. The molecule has 0 aromatic heterocycles. The van der Waals surface area contributed by atoms with Gasteiger partial charge in [0.1, 0.15) is 5.75 Å². The van der Waals surface area contributed by atoms with E-state index in [1.807, 2.05) is 0 Å². The van der Waals surface area contributed by atoms with Gasteiger partial charge in [0.05, 0.1) is 6.42 Å². The third kappa shape index (κ3) is 6.93. The highest BCUT2D eigenvalue weighted by atomic mass is 35.5. The molecule has 3 N–H and O–H groups in total. The lowest BCUT2D eigenvalue weighted by Gasteiger charge is -2.11. The van der Waals surface area contributed by atoms with Crippen LogP contribution >= 0.6 is 12.4 Å². The predicted octanol–water partition coefficient (Wildman–Crippen LogP) is 1.72. The summed E-state index contributed by atoms with van der Waals surface area (Å²) < 4.78 is 28.0. The molecule has 1 rings (SSSR count). The zero-order chi connectivity index (χ0) is 13.5. The molecule has 0 unspecified atom stereocenters. The SMILES string of the molecule is C[C@@H](CN)NC(=O)Cc1ccc(OC(F)F)cc1.Cl. The van der Waals surface area contributed by atoms with Crippen molar-refractivity contribution < 1.29 is 18.3 Å². The third-order valence-electron chi connectivity index (χ3n) is 2.27. The number of rotatable bonds is 6. The first-order valence-corrected chi connectivity index (χ1v) is 5.54. The van der Waals surface area contributed by atoms with Crippen molar-refractivity contribution in [3.8, 4) is 5.75 Å². The molecule has 1 amide bonds. The van der Waals surface area contributed by atoms with Crippen LogP contribution in [-0.2, 0) is 11.2 Å². The lowest BCUT2D eigenvalue weighted by atomic mass is 10.1. The molecular formula is C12H17ClF2N2O2. The molecule has 1 aromatic rings. The van der Waals surface area contributed by atoms with Crippen LogP contribution in [0.25, 0.3) is 0 Å². The van der Waals surface area contributed by atoms with Gasteiger partial charge < -0.3 is 15.8 Å². The van der Waals surface area contributed by atoms with Crippen LogP contribution in [0.5, 0.6) is 5.75 Å². The molecule has 4 nitrogen and oxygen atoms in total. The topological polar surface area (TPSA) is 64.3 Å². The van der Waals surface area contributed by atoms with Gasteiger partial charge in [-0.15, -0.1) is 12.4 Å². The minimum absolute atomic E-state index is 0. The number of alkyl halides is 2. The number of nitrogens with one attached hydrogen (secondary N) is 1. The van der Waals surface area contributed by atoms with Crippen LogP contribution in [0.15, 0.2) is 24.3 Å². The maximum atomic E-state index is 11.9. The minimum Gasteiger partial charge on any atom is -0.435 e. The lowest BCUT2D eigenvalue weighted by molar-refractivity contribution is -0.121. The molecule has 0 saturated heterocycles. The molecule has 0 radical (unpaired) electrons. The second kappa shape index (κ2) is 8.66. The smallest absolute Gasteiger partial charge is 0.387 e. The molecule has 0 bridgehead atoms. The molecule has 0 aliphatic carbocycles. The molecule has 0 aliphatic rings. The summed E-state index contributed by atoms with van der Waals surface area (Å²) >= 11 is 0. The summed E-state index contributed by atoms with van der Waals surface area (Å²) in [5, 5.41) is 2.71. The molecule has 1 atom stereocenters. The number of carbonyl (C=O) groups is 1. The Balaban J connectivity index is 0.00000324. The fourth-order valence-electron chi connectivity index (χ4n) is 1.36. The summed E-state index contributed by atoms with van der Waals surface area (Å²) in [5.41, 5.74) is 6.10. The van der Waals surface area contributed by atoms with E-state index in [1.54, 1.807) is 19.1 Å². The standard InChI is InChI=1S/C12H16F2N2O2.ClH/c1-8(7-15)16-11(17)6-9-2-4-10(5-3-9)18-12(13)14;/h2-5,8,12H,6-7,15H2,1H3,(H,16,17);1H/t8-;/m0./s1. The van der Waals surface area contributed by atoms with E-state index in [9.17, 15) is 13.6 Å². The fourth-order valence-corrected chi connectivity index (χ4v) is 1.36. The van der Waals surface area contributed by atoms with Gasteiger partial charge in [0.25, 0.3) is 0 Å².